The first-order valence-electron chi connectivity index (χ1n) is 6.17. The smallest absolute Gasteiger partial charge is 0.176 e. The van der Waals surface area contributed by atoms with Crippen molar-refractivity contribution in [3.63, 3.8) is 0 Å². The van der Waals surface area contributed by atoms with Gasteiger partial charge < -0.3 is 30.5 Å². The van der Waals surface area contributed by atoms with Gasteiger partial charge in [-0.1, -0.05) is 30.3 Å². The van der Waals surface area contributed by atoms with Crippen molar-refractivity contribution in [1.82, 2.24) is 0 Å². The lowest BCUT2D eigenvalue weighted by Crippen LogP contribution is -2.62. The number of hydrogen-bond donors (Lipinski definition) is 4. The SMILES string of the molecule is N[C@H]1[C@H](OCc2ccccc2)O[C@H](CO)[C@H](O)[C@H]1O. The molecular weight excluding hydrogens is 250 g/mol. The van der Waals surface area contributed by atoms with Crippen molar-refractivity contribution < 1.29 is 24.8 Å². The number of aliphatic hydroxyl groups excluding tert-OH is 3. The fourth-order valence-electron chi connectivity index (χ4n) is 2.01. The molecular formula is C13H19NO5. The maximum atomic E-state index is 9.77. The minimum atomic E-state index is -1.21. The van der Waals surface area contributed by atoms with Crippen LogP contribution < -0.4 is 5.73 Å². The molecule has 1 aromatic rings. The highest BCUT2D eigenvalue weighted by Crippen LogP contribution is 2.21. The van der Waals surface area contributed by atoms with E-state index in [1.54, 1.807) is 0 Å². The molecule has 6 heteroatoms. The summed E-state index contributed by atoms with van der Waals surface area (Å²) in [5.74, 6) is 0. The van der Waals surface area contributed by atoms with Crippen LogP contribution in [0.4, 0.5) is 0 Å². The van der Waals surface area contributed by atoms with E-state index in [0.717, 1.165) is 5.56 Å². The molecule has 0 aliphatic carbocycles. The van der Waals surface area contributed by atoms with Crippen molar-refractivity contribution in [2.24, 2.45) is 5.73 Å². The van der Waals surface area contributed by atoms with Gasteiger partial charge in [0.15, 0.2) is 6.29 Å². The van der Waals surface area contributed by atoms with E-state index in [2.05, 4.69) is 0 Å². The summed E-state index contributed by atoms with van der Waals surface area (Å²) in [6.45, 7) is -0.129. The Balaban J connectivity index is 1.95. The van der Waals surface area contributed by atoms with E-state index in [1.807, 2.05) is 30.3 Å². The summed E-state index contributed by atoms with van der Waals surface area (Å²) in [5, 5.41) is 28.5. The second kappa shape index (κ2) is 6.42. The third kappa shape index (κ3) is 3.30. The van der Waals surface area contributed by atoms with E-state index in [4.69, 9.17) is 20.3 Å². The Kier molecular flexibility index (Phi) is 4.87. The number of benzene rings is 1. The molecule has 0 amide bonds. The third-order valence-electron chi connectivity index (χ3n) is 3.19. The van der Waals surface area contributed by atoms with Gasteiger partial charge in [-0.3, -0.25) is 0 Å². The van der Waals surface area contributed by atoms with E-state index in [9.17, 15) is 10.2 Å². The molecule has 5 N–H and O–H groups in total. The third-order valence-corrected chi connectivity index (χ3v) is 3.19. The molecule has 2 rings (SSSR count). The Bertz CT molecular complexity index is 386. The molecule has 5 atom stereocenters. The van der Waals surface area contributed by atoms with Crippen LogP contribution in [0.25, 0.3) is 0 Å². The molecule has 1 aromatic carbocycles. The van der Waals surface area contributed by atoms with Gasteiger partial charge in [0, 0.05) is 0 Å². The molecule has 106 valence electrons. The Morgan fingerprint density at radius 3 is 2.47 bits per heavy atom. The van der Waals surface area contributed by atoms with Crippen LogP contribution in [0.3, 0.4) is 0 Å². The van der Waals surface area contributed by atoms with Gasteiger partial charge >= 0.3 is 0 Å². The summed E-state index contributed by atoms with van der Waals surface area (Å²) in [4.78, 5) is 0. The van der Waals surface area contributed by atoms with Gasteiger partial charge in [-0.2, -0.15) is 0 Å². The highest BCUT2D eigenvalue weighted by atomic mass is 16.7. The molecule has 1 aliphatic rings. The van der Waals surface area contributed by atoms with Crippen molar-refractivity contribution in [1.29, 1.82) is 0 Å². The Morgan fingerprint density at radius 2 is 1.84 bits per heavy atom. The largest absolute Gasteiger partial charge is 0.394 e. The molecule has 1 heterocycles. The van der Waals surface area contributed by atoms with Crippen LogP contribution in [0.1, 0.15) is 5.56 Å². The number of nitrogens with two attached hydrogens (primary N) is 1. The van der Waals surface area contributed by atoms with E-state index in [-0.39, 0.29) is 6.61 Å². The van der Waals surface area contributed by atoms with Crippen LogP contribution in [-0.4, -0.2) is 52.6 Å². The summed E-state index contributed by atoms with van der Waals surface area (Å²) < 4.78 is 10.8. The predicted octanol–water partition coefficient (Wildman–Crippen LogP) is -1.03. The number of ether oxygens (including phenoxy) is 2. The molecule has 0 unspecified atom stereocenters. The van der Waals surface area contributed by atoms with Crippen molar-refractivity contribution >= 4 is 0 Å². The van der Waals surface area contributed by atoms with Crippen molar-refractivity contribution in [3.8, 4) is 0 Å². The maximum absolute atomic E-state index is 9.77. The Morgan fingerprint density at radius 1 is 1.16 bits per heavy atom. The lowest BCUT2D eigenvalue weighted by atomic mass is 9.98. The fourth-order valence-corrected chi connectivity index (χ4v) is 2.01. The molecule has 0 bridgehead atoms. The monoisotopic (exact) mass is 269 g/mol. The summed E-state index contributed by atoms with van der Waals surface area (Å²) in [6.07, 6.45) is -4.16. The summed E-state index contributed by atoms with van der Waals surface area (Å²) in [5.41, 5.74) is 6.70. The maximum Gasteiger partial charge on any atom is 0.176 e. The normalized spacial score (nSPS) is 35.3. The van der Waals surface area contributed by atoms with Gasteiger partial charge in [-0.15, -0.1) is 0 Å². The lowest BCUT2D eigenvalue weighted by molar-refractivity contribution is -0.269. The highest BCUT2D eigenvalue weighted by molar-refractivity contribution is 5.13. The second-order valence-electron chi connectivity index (χ2n) is 4.58. The zero-order chi connectivity index (χ0) is 13.8. The van der Waals surface area contributed by atoms with Crippen LogP contribution in [0, 0.1) is 0 Å². The van der Waals surface area contributed by atoms with Gasteiger partial charge in [0.05, 0.1) is 19.3 Å². The van der Waals surface area contributed by atoms with Crippen LogP contribution in [0.2, 0.25) is 0 Å². The van der Waals surface area contributed by atoms with E-state index >= 15 is 0 Å². The number of hydrogen-bond acceptors (Lipinski definition) is 6. The van der Waals surface area contributed by atoms with E-state index in [0.29, 0.717) is 0 Å². The molecule has 6 nitrogen and oxygen atoms in total. The zero-order valence-electron chi connectivity index (χ0n) is 10.4. The van der Waals surface area contributed by atoms with Gasteiger partial charge in [-0.05, 0) is 5.56 Å². The molecule has 0 saturated carbocycles. The van der Waals surface area contributed by atoms with Gasteiger partial charge in [0.2, 0.25) is 0 Å². The summed E-state index contributed by atoms with van der Waals surface area (Å²) >= 11 is 0. The fraction of sp³-hybridized carbons (Fsp3) is 0.538. The molecule has 0 spiro atoms. The highest BCUT2D eigenvalue weighted by Gasteiger charge is 2.42. The van der Waals surface area contributed by atoms with Gasteiger partial charge in [0.25, 0.3) is 0 Å². The van der Waals surface area contributed by atoms with E-state index in [1.165, 1.54) is 0 Å². The first-order valence-corrected chi connectivity index (χ1v) is 6.17. The summed E-state index contributed by atoms with van der Waals surface area (Å²) in [6, 6.07) is 8.59. The number of aliphatic hydroxyl groups is 3. The van der Waals surface area contributed by atoms with Crippen molar-refractivity contribution in [2.75, 3.05) is 6.61 Å². The van der Waals surface area contributed by atoms with Crippen LogP contribution >= 0.6 is 0 Å². The molecule has 0 radical (unpaired) electrons. The molecule has 1 saturated heterocycles. The topological polar surface area (TPSA) is 105 Å². The predicted molar refractivity (Wildman–Crippen MR) is 67.0 cm³/mol. The van der Waals surface area contributed by atoms with Crippen molar-refractivity contribution in [3.05, 3.63) is 35.9 Å². The average Bonchev–Trinajstić information content (AvgIpc) is 2.45. The standard InChI is InChI=1S/C13H19NO5/c14-10-12(17)11(16)9(6-15)19-13(10)18-7-8-4-2-1-3-5-8/h1-5,9-13,15-17H,6-7,14H2/t9-,10-,11+,12+,13-/m1/s1. The molecule has 19 heavy (non-hydrogen) atoms. The first kappa shape index (κ1) is 14.4. The molecule has 1 aliphatic heterocycles. The molecule has 1 fully saturated rings. The second-order valence-corrected chi connectivity index (χ2v) is 4.58. The zero-order valence-corrected chi connectivity index (χ0v) is 10.4. The minimum absolute atomic E-state index is 0.278. The first-order chi connectivity index (χ1) is 9.13. The average molecular weight is 269 g/mol. The van der Waals surface area contributed by atoms with Crippen LogP contribution in [0.5, 0.6) is 0 Å². The number of rotatable bonds is 4. The van der Waals surface area contributed by atoms with Crippen LogP contribution in [0.15, 0.2) is 30.3 Å². The van der Waals surface area contributed by atoms with Gasteiger partial charge in [-0.25, -0.2) is 0 Å². The van der Waals surface area contributed by atoms with Crippen LogP contribution in [-0.2, 0) is 16.1 Å². The van der Waals surface area contributed by atoms with Gasteiger partial charge in [0.1, 0.15) is 18.3 Å². The molecule has 0 aromatic heterocycles. The lowest BCUT2D eigenvalue weighted by Gasteiger charge is -2.40. The Hall–Kier alpha value is -1.02. The minimum Gasteiger partial charge on any atom is -0.394 e. The van der Waals surface area contributed by atoms with Crippen molar-refractivity contribution in [2.45, 2.75) is 37.3 Å². The van der Waals surface area contributed by atoms with E-state index < -0.39 is 37.3 Å². The quantitative estimate of drug-likeness (QED) is 0.557. The summed E-state index contributed by atoms with van der Waals surface area (Å²) in [7, 11) is 0. The Labute approximate surface area is 111 Å².